The minimum Gasteiger partial charge on any atom is -0.475 e. The maximum absolute atomic E-state index is 14.0. The van der Waals surface area contributed by atoms with Gasteiger partial charge in [0.15, 0.2) is 17.4 Å². The van der Waals surface area contributed by atoms with Crippen LogP contribution in [0, 0.1) is 23.5 Å². The number of hydrogen-bond donors (Lipinski definition) is 4. The summed E-state index contributed by atoms with van der Waals surface area (Å²) in [6, 6.07) is 0.168. The van der Waals surface area contributed by atoms with Crippen LogP contribution in [0.2, 0.25) is 0 Å². The molecule has 136 valence electrons. The van der Waals surface area contributed by atoms with Gasteiger partial charge in [0.25, 0.3) is 11.8 Å². The second-order valence-electron chi connectivity index (χ2n) is 5.69. The molecule has 0 aliphatic rings. The Hall–Kier alpha value is -2.70. The van der Waals surface area contributed by atoms with E-state index in [9.17, 15) is 18.4 Å². The summed E-state index contributed by atoms with van der Waals surface area (Å²) in [5, 5.41) is 10.9. The Morgan fingerprint density at radius 2 is 1.92 bits per heavy atom. The van der Waals surface area contributed by atoms with Crippen molar-refractivity contribution in [2.75, 3.05) is 6.61 Å². The molecule has 0 saturated carbocycles. The zero-order valence-electron chi connectivity index (χ0n) is 13.9. The standard InChI is InChI=1S/C16H19F2N3O4/c1-4-5-6-25-12-10(17)7-9(8-11(12)18)14(22)20-13(15(23)21-24)16(2,3)19/h7-8,13,24H,6,19H2,1-3H3,(H,20,22)(H,21,23). The van der Waals surface area contributed by atoms with E-state index in [-0.39, 0.29) is 12.2 Å². The van der Waals surface area contributed by atoms with Crippen LogP contribution in [0.4, 0.5) is 8.78 Å². The van der Waals surface area contributed by atoms with Crippen molar-refractivity contribution < 1.29 is 28.3 Å². The van der Waals surface area contributed by atoms with E-state index in [1.54, 1.807) is 6.92 Å². The van der Waals surface area contributed by atoms with Crippen LogP contribution in [0.25, 0.3) is 0 Å². The fourth-order valence-corrected chi connectivity index (χ4v) is 1.88. The van der Waals surface area contributed by atoms with Gasteiger partial charge >= 0.3 is 0 Å². The average molecular weight is 355 g/mol. The number of ether oxygens (including phenoxy) is 1. The third-order valence-electron chi connectivity index (χ3n) is 3.12. The van der Waals surface area contributed by atoms with Crippen molar-refractivity contribution in [1.29, 1.82) is 0 Å². The first kappa shape index (κ1) is 20.3. The summed E-state index contributed by atoms with van der Waals surface area (Å²) >= 11 is 0. The van der Waals surface area contributed by atoms with Gasteiger partial charge in [-0.05, 0) is 32.9 Å². The zero-order valence-corrected chi connectivity index (χ0v) is 13.9. The third-order valence-corrected chi connectivity index (χ3v) is 3.12. The Balaban J connectivity index is 3.05. The average Bonchev–Trinajstić information content (AvgIpc) is 2.52. The van der Waals surface area contributed by atoms with Gasteiger partial charge in [-0.3, -0.25) is 14.8 Å². The second kappa shape index (κ2) is 8.41. The summed E-state index contributed by atoms with van der Waals surface area (Å²) in [6.07, 6.45) is 0. The van der Waals surface area contributed by atoms with Crippen LogP contribution < -0.4 is 21.3 Å². The number of nitrogens with one attached hydrogen (secondary N) is 2. The molecule has 0 heterocycles. The summed E-state index contributed by atoms with van der Waals surface area (Å²) in [5.41, 5.74) is 5.51. The largest absolute Gasteiger partial charge is 0.475 e. The molecule has 9 heteroatoms. The van der Waals surface area contributed by atoms with Gasteiger partial charge in [-0.1, -0.05) is 5.92 Å². The van der Waals surface area contributed by atoms with E-state index in [0.717, 1.165) is 12.1 Å². The van der Waals surface area contributed by atoms with Gasteiger partial charge in [0.05, 0.1) is 0 Å². The molecule has 1 unspecified atom stereocenters. The lowest BCUT2D eigenvalue weighted by Crippen LogP contribution is -2.61. The number of benzene rings is 1. The number of nitrogens with two attached hydrogens (primary N) is 1. The molecule has 25 heavy (non-hydrogen) atoms. The number of amides is 2. The SMILES string of the molecule is CC#CCOc1c(F)cc(C(=O)NC(C(=O)NO)C(C)(C)N)cc1F. The molecule has 0 aromatic heterocycles. The molecule has 0 bridgehead atoms. The first-order valence-corrected chi connectivity index (χ1v) is 7.17. The quantitative estimate of drug-likeness (QED) is 0.341. The van der Waals surface area contributed by atoms with Crippen molar-refractivity contribution in [1.82, 2.24) is 10.8 Å². The lowest BCUT2D eigenvalue weighted by atomic mass is 9.95. The topological polar surface area (TPSA) is 114 Å². The number of halogens is 2. The number of hydrogen-bond acceptors (Lipinski definition) is 5. The van der Waals surface area contributed by atoms with Crippen LogP contribution in [0.15, 0.2) is 12.1 Å². The van der Waals surface area contributed by atoms with Gasteiger partial charge in [0.1, 0.15) is 12.6 Å². The number of rotatable bonds is 6. The summed E-state index contributed by atoms with van der Waals surface area (Å²) < 4.78 is 32.8. The molecule has 0 aliphatic heterocycles. The van der Waals surface area contributed by atoms with Gasteiger partial charge < -0.3 is 15.8 Å². The molecular formula is C16H19F2N3O4. The fraction of sp³-hybridized carbons (Fsp3) is 0.375. The molecule has 5 N–H and O–H groups in total. The number of hydroxylamine groups is 1. The Morgan fingerprint density at radius 1 is 1.36 bits per heavy atom. The minimum atomic E-state index is -1.34. The molecule has 7 nitrogen and oxygen atoms in total. The third kappa shape index (κ3) is 5.41. The summed E-state index contributed by atoms with van der Waals surface area (Å²) in [7, 11) is 0. The molecule has 1 aromatic carbocycles. The van der Waals surface area contributed by atoms with Crippen molar-refractivity contribution in [2.45, 2.75) is 32.4 Å². The molecule has 0 radical (unpaired) electrons. The van der Waals surface area contributed by atoms with Crippen molar-refractivity contribution in [3.05, 3.63) is 29.3 Å². The number of carbonyl (C=O) groups is 2. The highest BCUT2D eigenvalue weighted by molar-refractivity contribution is 5.98. The normalized spacial score (nSPS) is 11.8. The van der Waals surface area contributed by atoms with Gasteiger partial charge in [-0.15, -0.1) is 5.92 Å². The fourth-order valence-electron chi connectivity index (χ4n) is 1.88. The number of carbonyl (C=O) groups excluding carboxylic acids is 2. The predicted molar refractivity (Wildman–Crippen MR) is 84.8 cm³/mol. The van der Waals surface area contributed by atoms with E-state index in [4.69, 9.17) is 15.7 Å². The molecule has 2 amide bonds. The van der Waals surface area contributed by atoms with E-state index in [1.165, 1.54) is 19.3 Å². The van der Waals surface area contributed by atoms with E-state index in [1.807, 2.05) is 0 Å². The molecule has 0 spiro atoms. The van der Waals surface area contributed by atoms with Crippen LogP contribution in [0.3, 0.4) is 0 Å². The van der Waals surface area contributed by atoms with E-state index in [0.29, 0.717) is 0 Å². The van der Waals surface area contributed by atoms with E-state index >= 15 is 0 Å². The minimum absolute atomic E-state index is 0.212. The maximum atomic E-state index is 14.0. The lowest BCUT2D eigenvalue weighted by Gasteiger charge is -2.29. The van der Waals surface area contributed by atoms with Crippen molar-refractivity contribution in [3.8, 4) is 17.6 Å². The van der Waals surface area contributed by atoms with Gasteiger partial charge in [-0.2, -0.15) is 0 Å². The highest BCUT2D eigenvalue weighted by Crippen LogP contribution is 2.23. The molecule has 0 aliphatic carbocycles. The monoisotopic (exact) mass is 355 g/mol. The van der Waals surface area contributed by atoms with Crippen LogP contribution in [0.5, 0.6) is 5.75 Å². The Kier molecular flexibility index (Phi) is 6.85. The van der Waals surface area contributed by atoms with Crippen LogP contribution in [-0.2, 0) is 4.79 Å². The first-order chi connectivity index (χ1) is 11.6. The summed E-state index contributed by atoms with van der Waals surface area (Å²) in [6.45, 7) is 4.19. The molecule has 0 saturated heterocycles. The lowest BCUT2D eigenvalue weighted by molar-refractivity contribution is -0.132. The molecule has 1 aromatic rings. The van der Waals surface area contributed by atoms with Gasteiger partial charge in [0, 0.05) is 11.1 Å². The Bertz CT molecular complexity index is 697. The second-order valence-corrected chi connectivity index (χ2v) is 5.69. The summed E-state index contributed by atoms with van der Waals surface area (Å²) in [4.78, 5) is 23.8. The van der Waals surface area contributed by atoms with Crippen LogP contribution >= 0.6 is 0 Å². The van der Waals surface area contributed by atoms with Gasteiger partial charge in [-0.25, -0.2) is 14.3 Å². The van der Waals surface area contributed by atoms with E-state index < -0.39 is 40.8 Å². The molecule has 1 atom stereocenters. The Morgan fingerprint density at radius 3 is 2.36 bits per heavy atom. The molecule has 1 rings (SSSR count). The smallest absolute Gasteiger partial charge is 0.267 e. The maximum Gasteiger partial charge on any atom is 0.267 e. The van der Waals surface area contributed by atoms with Gasteiger partial charge in [0.2, 0.25) is 0 Å². The molecular weight excluding hydrogens is 336 g/mol. The highest BCUT2D eigenvalue weighted by Gasteiger charge is 2.33. The summed E-state index contributed by atoms with van der Waals surface area (Å²) in [5.74, 6) is 0.200. The van der Waals surface area contributed by atoms with Crippen molar-refractivity contribution in [3.63, 3.8) is 0 Å². The zero-order chi connectivity index (χ0) is 19.2. The molecule has 0 fully saturated rings. The van der Waals surface area contributed by atoms with Crippen LogP contribution in [0.1, 0.15) is 31.1 Å². The van der Waals surface area contributed by atoms with Crippen molar-refractivity contribution in [2.24, 2.45) is 5.73 Å². The van der Waals surface area contributed by atoms with Crippen LogP contribution in [-0.4, -0.2) is 35.2 Å². The van der Waals surface area contributed by atoms with Crippen molar-refractivity contribution >= 4 is 11.8 Å². The highest BCUT2D eigenvalue weighted by atomic mass is 19.1. The Labute approximate surface area is 143 Å². The van der Waals surface area contributed by atoms with E-state index in [2.05, 4.69) is 17.2 Å². The first-order valence-electron chi connectivity index (χ1n) is 7.17. The predicted octanol–water partition coefficient (Wildman–Crippen LogP) is 0.708.